The van der Waals surface area contributed by atoms with E-state index in [1.165, 1.54) is 0 Å². The highest BCUT2D eigenvalue weighted by molar-refractivity contribution is 6.11. The van der Waals surface area contributed by atoms with E-state index in [0.29, 0.717) is 16.8 Å². The van der Waals surface area contributed by atoms with Crippen LogP contribution in [0.5, 0.6) is 0 Å². The van der Waals surface area contributed by atoms with Gasteiger partial charge >= 0.3 is 0 Å². The zero-order valence-electron chi connectivity index (χ0n) is 7.92. The Bertz CT molecular complexity index is 366. The number of nitrogens with two attached hydrogens (primary N) is 1. The zero-order chi connectivity index (χ0) is 10.0. The van der Waals surface area contributed by atoms with E-state index in [1.807, 2.05) is 13.0 Å². The summed E-state index contributed by atoms with van der Waals surface area (Å²) in [6.45, 7) is 7.21. The van der Waals surface area contributed by atoms with Crippen LogP contribution in [0.1, 0.15) is 22.8 Å². The summed E-state index contributed by atoms with van der Waals surface area (Å²) in [7, 11) is 0. The lowest BCUT2D eigenvalue weighted by molar-refractivity contribution is 0.103. The van der Waals surface area contributed by atoms with Gasteiger partial charge in [-0.05, 0) is 31.6 Å². The lowest BCUT2D eigenvalue weighted by Gasteiger charge is -2.04. The molecule has 0 unspecified atom stereocenters. The molecule has 2 heteroatoms. The molecule has 0 saturated carbocycles. The van der Waals surface area contributed by atoms with Gasteiger partial charge in [0, 0.05) is 11.3 Å². The van der Waals surface area contributed by atoms with Crippen LogP contribution in [0.25, 0.3) is 0 Å². The molecular formula is C11H13NO. The molecule has 0 heterocycles. The summed E-state index contributed by atoms with van der Waals surface area (Å²) in [5, 5.41) is 0. The van der Waals surface area contributed by atoms with Crippen LogP contribution in [-0.4, -0.2) is 5.78 Å². The first-order chi connectivity index (χ1) is 6.02. The molecule has 1 rings (SSSR count). The average molecular weight is 175 g/mol. The minimum Gasteiger partial charge on any atom is -0.398 e. The maximum absolute atomic E-state index is 11.5. The van der Waals surface area contributed by atoms with Crippen molar-refractivity contribution in [3.8, 4) is 0 Å². The zero-order valence-corrected chi connectivity index (χ0v) is 7.92. The van der Waals surface area contributed by atoms with Gasteiger partial charge in [0.25, 0.3) is 0 Å². The predicted molar refractivity (Wildman–Crippen MR) is 54.7 cm³/mol. The molecule has 0 spiro atoms. The van der Waals surface area contributed by atoms with E-state index >= 15 is 0 Å². The number of aryl methyl sites for hydroxylation is 1. The van der Waals surface area contributed by atoms with Gasteiger partial charge in [-0.3, -0.25) is 4.79 Å². The van der Waals surface area contributed by atoms with E-state index in [1.54, 1.807) is 19.1 Å². The van der Waals surface area contributed by atoms with Gasteiger partial charge in [0.15, 0.2) is 5.78 Å². The first-order valence-corrected chi connectivity index (χ1v) is 4.08. The fourth-order valence-electron chi connectivity index (χ4n) is 1.10. The van der Waals surface area contributed by atoms with E-state index in [2.05, 4.69) is 6.58 Å². The van der Waals surface area contributed by atoms with Crippen LogP contribution in [0.4, 0.5) is 5.69 Å². The van der Waals surface area contributed by atoms with Crippen molar-refractivity contribution in [2.24, 2.45) is 0 Å². The normalized spacial score (nSPS) is 9.69. The molecule has 2 nitrogen and oxygen atoms in total. The van der Waals surface area contributed by atoms with Crippen LogP contribution < -0.4 is 5.73 Å². The molecule has 0 aliphatic heterocycles. The first-order valence-electron chi connectivity index (χ1n) is 4.08. The SMILES string of the molecule is C=C(C)C(=O)c1cc(C)ccc1N. The van der Waals surface area contributed by atoms with Gasteiger partial charge in [0.2, 0.25) is 0 Å². The molecule has 13 heavy (non-hydrogen) atoms. The molecule has 0 fully saturated rings. The maximum Gasteiger partial charge on any atom is 0.190 e. The van der Waals surface area contributed by atoms with Crippen molar-refractivity contribution in [1.29, 1.82) is 0 Å². The lowest BCUT2D eigenvalue weighted by atomic mass is 10.0. The minimum absolute atomic E-state index is 0.0822. The monoisotopic (exact) mass is 175 g/mol. The number of anilines is 1. The Hall–Kier alpha value is -1.57. The third-order valence-electron chi connectivity index (χ3n) is 1.84. The molecule has 0 amide bonds. The van der Waals surface area contributed by atoms with Crippen LogP contribution in [-0.2, 0) is 0 Å². The molecule has 68 valence electrons. The van der Waals surface area contributed by atoms with Crippen molar-refractivity contribution >= 4 is 11.5 Å². The van der Waals surface area contributed by atoms with Crippen LogP contribution in [0, 0.1) is 6.92 Å². The highest BCUT2D eigenvalue weighted by Gasteiger charge is 2.09. The summed E-state index contributed by atoms with van der Waals surface area (Å²) in [6.07, 6.45) is 0. The number of rotatable bonds is 2. The lowest BCUT2D eigenvalue weighted by Crippen LogP contribution is -2.04. The number of ketones is 1. The number of carbonyl (C=O) groups is 1. The number of hydrogen-bond donors (Lipinski definition) is 1. The quantitative estimate of drug-likeness (QED) is 0.426. The Kier molecular flexibility index (Phi) is 2.52. The smallest absolute Gasteiger partial charge is 0.190 e. The Morgan fingerprint density at radius 3 is 2.62 bits per heavy atom. The molecule has 0 aliphatic carbocycles. The Balaban J connectivity index is 3.21. The van der Waals surface area contributed by atoms with Gasteiger partial charge in [-0.2, -0.15) is 0 Å². The van der Waals surface area contributed by atoms with E-state index < -0.39 is 0 Å². The molecule has 0 radical (unpaired) electrons. The topological polar surface area (TPSA) is 43.1 Å². The molecule has 0 aromatic heterocycles. The van der Waals surface area contributed by atoms with Gasteiger partial charge in [-0.15, -0.1) is 0 Å². The standard InChI is InChI=1S/C11H13NO/c1-7(2)11(13)9-6-8(3)4-5-10(9)12/h4-6H,1,12H2,2-3H3. The summed E-state index contributed by atoms with van der Waals surface area (Å²) < 4.78 is 0. The van der Waals surface area contributed by atoms with Crippen molar-refractivity contribution in [3.05, 3.63) is 41.5 Å². The van der Waals surface area contributed by atoms with E-state index in [9.17, 15) is 4.79 Å². The highest BCUT2D eigenvalue weighted by atomic mass is 16.1. The number of nitrogen functional groups attached to an aromatic ring is 1. The Morgan fingerprint density at radius 2 is 2.08 bits per heavy atom. The fourth-order valence-corrected chi connectivity index (χ4v) is 1.10. The molecule has 1 aromatic carbocycles. The van der Waals surface area contributed by atoms with E-state index in [4.69, 9.17) is 5.73 Å². The Labute approximate surface area is 78.1 Å². The van der Waals surface area contributed by atoms with Crippen molar-refractivity contribution < 1.29 is 4.79 Å². The van der Waals surface area contributed by atoms with Gasteiger partial charge in [-0.25, -0.2) is 0 Å². The van der Waals surface area contributed by atoms with Crippen LogP contribution in [0.3, 0.4) is 0 Å². The molecule has 0 atom stereocenters. The number of hydrogen-bond acceptors (Lipinski definition) is 2. The summed E-state index contributed by atoms with van der Waals surface area (Å²) >= 11 is 0. The van der Waals surface area contributed by atoms with Gasteiger partial charge in [-0.1, -0.05) is 18.2 Å². The molecule has 2 N–H and O–H groups in total. The number of benzene rings is 1. The van der Waals surface area contributed by atoms with E-state index in [0.717, 1.165) is 5.56 Å². The second-order valence-electron chi connectivity index (χ2n) is 3.20. The van der Waals surface area contributed by atoms with Crippen molar-refractivity contribution in [2.75, 3.05) is 5.73 Å². The van der Waals surface area contributed by atoms with Crippen molar-refractivity contribution in [3.63, 3.8) is 0 Å². The molecule has 0 aliphatic rings. The summed E-state index contributed by atoms with van der Waals surface area (Å²) in [4.78, 5) is 11.5. The van der Waals surface area contributed by atoms with Crippen molar-refractivity contribution in [1.82, 2.24) is 0 Å². The molecular weight excluding hydrogens is 162 g/mol. The van der Waals surface area contributed by atoms with Gasteiger partial charge in [0.05, 0.1) is 0 Å². The van der Waals surface area contributed by atoms with Crippen LogP contribution in [0.2, 0.25) is 0 Å². The summed E-state index contributed by atoms with van der Waals surface area (Å²) in [5.41, 5.74) is 8.27. The second-order valence-corrected chi connectivity index (χ2v) is 3.20. The van der Waals surface area contributed by atoms with Gasteiger partial charge in [0.1, 0.15) is 0 Å². The van der Waals surface area contributed by atoms with Crippen molar-refractivity contribution in [2.45, 2.75) is 13.8 Å². The average Bonchev–Trinajstić information content (AvgIpc) is 2.08. The third kappa shape index (κ3) is 1.96. The predicted octanol–water partition coefficient (Wildman–Crippen LogP) is 2.34. The molecule has 0 saturated heterocycles. The summed E-state index contributed by atoms with van der Waals surface area (Å²) in [5.74, 6) is -0.0822. The van der Waals surface area contributed by atoms with Gasteiger partial charge < -0.3 is 5.73 Å². The number of Topliss-reactive ketones (excluding diaryl/α,β-unsaturated/α-hetero) is 1. The fraction of sp³-hybridized carbons (Fsp3) is 0.182. The largest absolute Gasteiger partial charge is 0.398 e. The molecule has 0 bridgehead atoms. The minimum atomic E-state index is -0.0822. The van der Waals surface area contributed by atoms with Crippen LogP contribution >= 0.6 is 0 Å². The third-order valence-corrected chi connectivity index (χ3v) is 1.84. The second kappa shape index (κ2) is 3.44. The van der Waals surface area contributed by atoms with Crippen LogP contribution in [0.15, 0.2) is 30.4 Å². The molecule has 1 aromatic rings. The van der Waals surface area contributed by atoms with E-state index in [-0.39, 0.29) is 5.78 Å². The maximum atomic E-state index is 11.5. The first kappa shape index (κ1) is 9.52. The Morgan fingerprint density at radius 1 is 1.46 bits per heavy atom. The number of allylic oxidation sites excluding steroid dienone is 1. The number of carbonyl (C=O) groups excluding carboxylic acids is 1. The highest BCUT2D eigenvalue weighted by Crippen LogP contribution is 2.16. The summed E-state index contributed by atoms with van der Waals surface area (Å²) in [6, 6.07) is 5.41.